The lowest BCUT2D eigenvalue weighted by atomic mass is 9.91. The van der Waals surface area contributed by atoms with Crippen molar-refractivity contribution in [2.24, 2.45) is 15.8 Å². The van der Waals surface area contributed by atoms with E-state index in [1.165, 1.54) is 11.3 Å². The maximum Gasteiger partial charge on any atom is 0.212 e. The van der Waals surface area contributed by atoms with Gasteiger partial charge in [-0.25, -0.2) is 15.8 Å². The molecule has 0 aliphatic carbocycles. The predicted molar refractivity (Wildman–Crippen MR) is 134 cm³/mol. The van der Waals surface area contributed by atoms with Gasteiger partial charge in [-0.2, -0.15) is 5.26 Å². The van der Waals surface area contributed by atoms with Gasteiger partial charge in [0.25, 0.3) is 0 Å². The zero-order valence-corrected chi connectivity index (χ0v) is 20.3. The van der Waals surface area contributed by atoms with Crippen LogP contribution >= 0.6 is 11.3 Å². The SMILES string of the molecule is C=C(CC/C(C)=C/N=CC)C(=C\C=C/CC)/C(=N/c1nc(C(C)(C)C)c(C#N)s1)NN. The largest absolute Gasteiger partial charge is 0.308 e. The molecular weight excluding hydrogens is 404 g/mol. The average Bonchev–Trinajstić information content (AvgIpc) is 3.16. The highest BCUT2D eigenvalue weighted by Gasteiger charge is 2.23. The van der Waals surface area contributed by atoms with E-state index < -0.39 is 0 Å². The lowest BCUT2D eigenvalue weighted by molar-refractivity contribution is 0.572. The second kappa shape index (κ2) is 12.8. The molecule has 7 heteroatoms. The molecule has 0 atom stereocenters. The first-order chi connectivity index (χ1) is 14.7. The van der Waals surface area contributed by atoms with E-state index in [4.69, 9.17) is 5.84 Å². The Kier molecular flexibility index (Phi) is 10.8. The molecule has 0 bridgehead atoms. The van der Waals surface area contributed by atoms with Gasteiger partial charge in [-0.3, -0.25) is 4.99 Å². The molecule has 31 heavy (non-hydrogen) atoms. The Morgan fingerprint density at radius 2 is 2.06 bits per heavy atom. The molecule has 0 fully saturated rings. The van der Waals surface area contributed by atoms with Gasteiger partial charge in [0, 0.05) is 23.4 Å². The maximum absolute atomic E-state index is 9.49. The van der Waals surface area contributed by atoms with E-state index in [-0.39, 0.29) is 5.41 Å². The molecule has 0 saturated heterocycles. The van der Waals surface area contributed by atoms with Crippen molar-refractivity contribution in [3.05, 3.63) is 58.3 Å². The highest BCUT2D eigenvalue weighted by Crippen LogP contribution is 2.33. The lowest BCUT2D eigenvalue weighted by Crippen LogP contribution is -2.32. The van der Waals surface area contributed by atoms with Gasteiger partial charge in [0.05, 0.1) is 5.69 Å². The van der Waals surface area contributed by atoms with Crippen molar-refractivity contribution in [2.45, 2.75) is 66.2 Å². The molecule has 0 spiro atoms. The summed E-state index contributed by atoms with van der Waals surface area (Å²) >= 11 is 1.26. The van der Waals surface area contributed by atoms with Crippen LogP contribution in [0.15, 0.2) is 57.7 Å². The van der Waals surface area contributed by atoms with Gasteiger partial charge in [0.1, 0.15) is 10.9 Å². The first-order valence-electron chi connectivity index (χ1n) is 10.3. The Morgan fingerprint density at radius 1 is 1.35 bits per heavy atom. The molecule has 0 saturated carbocycles. The Morgan fingerprint density at radius 3 is 2.58 bits per heavy atom. The summed E-state index contributed by atoms with van der Waals surface area (Å²) in [5, 5.41) is 9.98. The average molecular weight is 439 g/mol. The van der Waals surface area contributed by atoms with Crippen molar-refractivity contribution in [1.82, 2.24) is 10.4 Å². The van der Waals surface area contributed by atoms with Crippen molar-refractivity contribution in [2.75, 3.05) is 0 Å². The van der Waals surface area contributed by atoms with Crippen molar-refractivity contribution < 1.29 is 0 Å². The summed E-state index contributed by atoms with van der Waals surface area (Å²) in [4.78, 5) is 14.0. The van der Waals surface area contributed by atoms with Crippen LogP contribution in [0, 0.1) is 11.3 Å². The minimum Gasteiger partial charge on any atom is -0.308 e. The van der Waals surface area contributed by atoms with Crippen molar-refractivity contribution in [1.29, 1.82) is 5.26 Å². The topological polar surface area (TPSA) is 99.4 Å². The molecule has 1 aromatic heterocycles. The second-order valence-corrected chi connectivity index (χ2v) is 9.02. The summed E-state index contributed by atoms with van der Waals surface area (Å²) < 4.78 is 0. The van der Waals surface area contributed by atoms with Crippen LogP contribution in [-0.4, -0.2) is 17.0 Å². The number of aliphatic imine (C=N–C) groups is 2. The number of hydrogen-bond donors (Lipinski definition) is 2. The first-order valence-corrected chi connectivity index (χ1v) is 11.1. The fourth-order valence-electron chi connectivity index (χ4n) is 2.62. The predicted octanol–water partition coefficient (Wildman–Crippen LogP) is 6.03. The van der Waals surface area contributed by atoms with E-state index in [1.54, 1.807) is 6.21 Å². The van der Waals surface area contributed by atoms with E-state index in [0.29, 0.717) is 15.8 Å². The molecule has 0 aliphatic rings. The van der Waals surface area contributed by atoms with E-state index in [1.807, 2.05) is 53.0 Å². The number of amidine groups is 1. The fraction of sp³-hybridized carbons (Fsp3) is 0.417. The number of allylic oxidation sites excluding steroid dienone is 4. The molecule has 6 nitrogen and oxygen atoms in total. The van der Waals surface area contributed by atoms with E-state index in [9.17, 15) is 5.26 Å². The van der Waals surface area contributed by atoms with Crippen LogP contribution in [0.1, 0.15) is 71.4 Å². The molecule has 166 valence electrons. The number of thiazole rings is 1. The number of rotatable bonds is 9. The van der Waals surface area contributed by atoms with Gasteiger partial charge >= 0.3 is 0 Å². The molecule has 1 rings (SSSR count). The Balaban J connectivity index is 3.32. The number of nitrogens with one attached hydrogen (secondary N) is 1. The Bertz CT molecular complexity index is 946. The van der Waals surface area contributed by atoms with Gasteiger partial charge in [-0.05, 0) is 38.7 Å². The summed E-state index contributed by atoms with van der Waals surface area (Å²) in [6.45, 7) is 16.4. The number of nitrogens with two attached hydrogens (primary N) is 1. The van der Waals surface area contributed by atoms with Crippen LogP contribution in [0.2, 0.25) is 0 Å². The summed E-state index contributed by atoms with van der Waals surface area (Å²) in [6.07, 6.45) is 12.1. The molecular formula is C24H34N6S. The summed E-state index contributed by atoms with van der Waals surface area (Å²) in [7, 11) is 0. The zero-order chi connectivity index (χ0) is 23.4. The third kappa shape index (κ3) is 8.44. The van der Waals surface area contributed by atoms with Gasteiger partial charge < -0.3 is 5.43 Å². The number of aromatic nitrogens is 1. The number of hydrazine groups is 1. The van der Waals surface area contributed by atoms with Gasteiger partial charge in [0.2, 0.25) is 5.13 Å². The van der Waals surface area contributed by atoms with E-state index >= 15 is 0 Å². The van der Waals surface area contributed by atoms with Gasteiger partial charge in [-0.1, -0.05) is 69.4 Å². The molecule has 0 unspecified atom stereocenters. The lowest BCUT2D eigenvalue weighted by Gasteiger charge is -2.15. The Labute approximate surface area is 190 Å². The van der Waals surface area contributed by atoms with Crippen molar-refractivity contribution in [3.8, 4) is 6.07 Å². The fourth-order valence-corrected chi connectivity index (χ4v) is 3.57. The molecule has 0 aromatic carbocycles. The highest BCUT2D eigenvalue weighted by atomic mass is 32.1. The smallest absolute Gasteiger partial charge is 0.212 e. The minimum absolute atomic E-state index is 0.247. The number of nitriles is 1. The van der Waals surface area contributed by atoms with Gasteiger partial charge in [0.15, 0.2) is 5.84 Å². The second-order valence-electron chi connectivity index (χ2n) is 8.04. The maximum atomic E-state index is 9.49. The Hall–Kier alpha value is -2.82. The molecule has 0 radical (unpaired) electrons. The minimum atomic E-state index is -0.247. The van der Waals surface area contributed by atoms with Crippen molar-refractivity contribution in [3.63, 3.8) is 0 Å². The molecule has 1 aromatic rings. The molecule has 0 aliphatic heterocycles. The van der Waals surface area contributed by atoms with Crippen LogP contribution in [-0.2, 0) is 5.41 Å². The van der Waals surface area contributed by atoms with Crippen LogP contribution in [0.4, 0.5) is 5.13 Å². The quantitative estimate of drug-likeness (QED) is 0.162. The van der Waals surface area contributed by atoms with Crippen LogP contribution in [0.25, 0.3) is 0 Å². The monoisotopic (exact) mass is 438 g/mol. The number of hydrogen-bond acceptors (Lipinski definition) is 6. The molecule has 3 N–H and O–H groups in total. The van der Waals surface area contributed by atoms with Crippen molar-refractivity contribution >= 4 is 28.5 Å². The standard InChI is InChI=1S/C24H34N6S/c1-8-10-11-12-19(18(4)14-13-17(3)16-27-9-2)22(30-26)29-23-28-21(24(5,6)7)20(15-25)31-23/h9-12,16H,4,8,13-14,26H2,1-3,5-7H3,(H,28,29,30)/b11-10-,17-16+,19-12+,27-9?. The first kappa shape index (κ1) is 26.2. The number of nitrogens with zero attached hydrogens (tertiary/aromatic N) is 4. The summed E-state index contributed by atoms with van der Waals surface area (Å²) in [5.41, 5.74) is 6.06. The van der Waals surface area contributed by atoms with Crippen LogP contribution in [0.3, 0.4) is 0 Å². The van der Waals surface area contributed by atoms with Crippen LogP contribution in [0.5, 0.6) is 0 Å². The van der Waals surface area contributed by atoms with Gasteiger partial charge in [-0.15, -0.1) is 0 Å². The summed E-state index contributed by atoms with van der Waals surface area (Å²) in [5.74, 6) is 6.31. The molecule has 0 amide bonds. The van der Waals surface area contributed by atoms with Crippen LogP contribution < -0.4 is 11.3 Å². The zero-order valence-electron chi connectivity index (χ0n) is 19.5. The van der Waals surface area contributed by atoms with E-state index in [2.05, 4.69) is 46.0 Å². The highest BCUT2D eigenvalue weighted by molar-refractivity contribution is 7.16. The normalized spacial score (nSPS) is 13.8. The molecule has 1 heterocycles. The van der Waals surface area contributed by atoms with E-state index in [0.717, 1.165) is 41.7 Å². The summed E-state index contributed by atoms with van der Waals surface area (Å²) in [6, 6.07) is 2.23. The third-order valence-electron chi connectivity index (χ3n) is 4.31. The third-order valence-corrected chi connectivity index (χ3v) is 5.16.